The molecule has 0 saturated carbocycles. The zero-order valence-corrected chi connectivity index (χ0v) is 11.1. The van der Waals surface area contributed by atoms with Crippen LogP contribution in [0.3, 0.4) is 0 Å². The molecule has 0 aliphatic rings. The van der Waals surface area contributed by atoms with Gasteiger partial charge in [0.25, 0.3) is 0 Å². The molecule has 0 atom stereocenters. The van der Waals surface area contributed by atoms with Gasteiger partial charge in [0.2, 0.25) is 0 Å². The second-order valence-electron chi connectivity index (χ2n) is 5.28. The maximum absolute atomic E-state index is 10.7. The lowest BCUT2D eigenvalue weighted by atomic mass is 9.84. The van der Waals surface area contributed by atoms with Gasteiger partial charge in [-0.15, -0.1) is 0 Å². The topological polar surface area (TPSA) is 49.4 Å². The number of hydrogen-bond donors (Lipinski definition) is 0. The van der Waals surface area contributed by atoms with E-state index in [4.69, 9.17) is 4.74 Å². The molecule has 1 rings (SSSR count). The van der Waals surface area contributed by atoms with Crippen molar-refractivity contribution >= 4 is 5.97 Å². The first-order valence-electron chi connectivity index (χ1n) is 5.63. The first-order chi connectivity index (χ1) is 7.75. The van der Waals surface area contributed by atoms with Gasteiger partial charge in [0, 0.05) is 18.0 Å². The van der Waals surface area contributed by atoms with Crippen LogP contribution < -0.4 is 9.84 Å². The van der Waals surface area contributed by atoms with Gasteiger partial charge in [-0.2, -0.15) is 0 Å². The third-order valence-corrected chi connectivity index (χ3v) is 2.76. The third-order valence-electron chi connectivity index (χ3n) is 2.76. The molecule has 17 heavy (non-hydrogen) atoms. The molecule has 0 bridgehead atoms. The molecular weight excluding hydrogens is 216 g/mol. The van der Waals surface area contributed by atoms with Crippen molar-refractivity contribution < 1.29 is 14.6 Å². The molecule has 0 saturated heterocycles. The molecule has 0 heterocycles. The average Bonchev–Trinajstić information content (AvgIpc) is 2.14. The van der Waals surface area contributed by atoms with Gasteiger partial charge in [-0.1, -0.05) is 32.9 Å². The van der Waals surface area contributed by atoms with Crippen molar-refractivity contribution in [2.45, 2.75) is 39.5 Å². The van der Waals surface area contributed by atoms with E-state index < -0.39 is 5.97 Å². The largest absolute Gasteiger partial charge is 0.550 e. The van der Waals surface area contributed by atoms with Gasteiger partial charge >= 0.3 is 0 Å². The quantitative estimate of drug-likeness (QED) is 0.799. The van der Waals surface area contributed by atoms with Crippen LogP contribution in [0.4, 0.5) is 0 Å². The van der Waals surface area contributed by atoms with Crippen molar-refractivity contribution in [1.29, 1.82) is 0 Å². The summed E-state index contributed by atoms with van der Waals surface area (Å²) >= 11 is 0. The number of carboxylic acid groups (broad SMARTS) is 1. The van der Waals surface area contributed by atoms with E-state index in [1.165, 1.54) is 0 Å². The SMILES string of the molecule is COc1c(C)cc(C(C)(C)C)cc1CC(=O)[O-]. The summed E-state index contributed by atoms with van der Waals surface area (Å²) in [5.41, 5.74) is 2.72. The number of aliphatic carboxylic acids is 1. The molecule has 1 aromatic carbocycles. The summed E-state index contributed by atoms with van der Waals surface area (Å²) in [5, 5.41) is 10.7. The molecule has 0 N–H and O–H groups in total. The highest BCUT2D eigenvalue weighted by atomic mass is 16.5. The normalized spacial score (nSPS) is 11.4. The zero-order valence-electron chi connectivity index (χ0n) is 11.1. The van der Waals surface area contributed by atoms with Gasteiger partial charge in [0.15, 0.2) is 0 Å². The number of benzene rings is 1. The highest BCUT2D eigenvalue weighted by molar-refractivity contribution is 5.70. The molecule has 0 aliphatic heterocycles. The molecule has 1 aromatic rings. The molecule has 0 fully saturated rings. The van der Waals surface area contributed by atoms with Crippen molar-refractivity contribution in [3.05, 3.63) is 28.8 Å². The van der Waals surface area contributed by atoms with Gasteiger partial charge in [-0.05, 0) is 23.5 Å². The maximum atomic E-state index is 10.7. The molecule has 3 nitrogen and oxygen atoms in total. The van der Waals surface area contributed by atoms with E-state index in [1.807, 2.05) is 19.1 Å². The third kappa shape index (κ3) is 3.22. The zero-order chi connectivity index (χ0) is 13.2. The molecule has 0 spiro atoms. The van der Waals surface area contributed by atoms with E-state index in [0.717, 1.165) is 11.1 Å². The summed E-state index contributed by atoms with van der Waals surface area (Å²) in [4.78, 5) is 10.7. The first-order valence-corrected chi connectivity index (χ1v) is 5.63. The molecule has 0 amide bonds. The highest BCUT2D eigenvalue weighted by Gasteiger charge is 2.17. The van der Waals surface area contributed by atoms with Crippen molar-refractivity contribution in [3.63, 3.8) is 0 Å². The van der Waals surface area contributed by atoms with E-state index in [1.54, 1.807) is 7.11 Å². The Hall–Kier alpha value is -1.51. The maximum Gasteiger partial charge on any atom is 0.125 e. The van der Waals surface area contributed by atoms with Crippen LogP contribution in [0.1, 0.15) is 37.5 Å². The predicted molar refractivity (Wildman–Crippen MR) is 65.1 cm³/mol. The van der Waals surface area contributed by atoms with Crippen LogP contribution in [0.2, 0.25) is 0 Å². The van der Waals surface area contributed by atoms with E-state index in [2.05, 4.69) is 20.8 Å². The number of rotatable bonds is 3. The Kier molecular flexibility index (Phi) is 3.81. The lowest BCUT2D eigenvalue weighted by Gasteiger charge is -2.23. The van der Waals surface area contributed by atoms with Crippen LogP contribution in [-0.2, 0) is 16.6 Å². The Balaban J connectivity index is 3.33. The number of carbonyl (C=O) groups excluding carboxylic acids is 1. The van der Waals surface area contributed by atoms with E-state index in [9.17, 15) is 9.90 Å². The smallest absolute Gasteiger partial charge is 0.125 e. The Morgan fingerprint density at radius 3 is 2.35 bits per heavy atom. The number of carboxylic acids is 1. The summed E-state index contributed by atoms with van der Waals surface area (Å²) in [6.45, 7) is 8.21. The molecule has 94 valence electrons. The average molecular weight is 235 g/mol. The second-order valence-corrected chi connectivity index (χ2v) is 5.28. The Bertz CT molecular complexity index is 428. The monoisotopic (exact) mass is 235 g/mol. The van der Waals surface area contributed by atoms with E-state index in [0.29, 0.717) is 11.3 Å². The molecule has 0 aromatic heterocycles. The van der Waals surface area contributed by atoms with Gasteiger partial charge in [0.1, 0.15) is 5.75 Å². The minimum atomic E-state index is -1.09. The molecule has 0 aliphatic carbocycles. The number of carbonyl (C=O) groups is 1. The summed E-state index contributed by atoms with van der Waals surface area (Å²) in [6.07, 6.45) is -0.117. The Labute approximate surface area is 102 Å². The second kappa shape index (κ2) is 4.78. The van der Waals surface area contributed by atoms with Gasteiger partial charge < -0.3 is 14.6 Å². The van der Waals surface area contributed by atoms with Crippen molar-refractivity contribution in [1.82, 2.24) is 0 Å². The first kappa shape index (κ1) is 13.6. The number of ether oxygens (including phenoxy) is 1. The minimum absolute atomic E-state index is 0.0162. The standard InChI is InChI=1S/C14H20O3/c1-9-6-11(14(2,3)4)7-10(8-12(15)16)13(9)17-5/h6-7H,8H2,1-5H3,(H,15,16)/p-1. The van der Waals surface area contributed by atoms with Gasteiger partial charge in [-0.25, -0.2) is 0 Å². The number of methoxy groups -OCH3 is 1. The molecule has 0 radical (unpaired) electrons. The lowest BCUT2D eigenvalue weighted by Crippen LogP contribution is -2.25. The highest BCUT2D eigenvalue weighted by Crippen LogP contribution is 2.31. The van der Waals surface area contributed by atoms with Crippen molar-refractivity contribution in [2.24, 2.45) is 0 Å². The lowest BCUT2D eigenvalue weighted by molar-refractivity contribution is -0.304. The van der Waals surface area contributed by atoms with Crippen molar-refractivity contribution in [2.75, 3.05) is 7.11 Å². The number of hydrogen-bond acceptors (Lipinski definition) is 3. The minimum Gasteiger partial charge on any atom is -0.550 e. The van der Waals surface area contributed by atoms with E-state index in [-0.39, 0.29) is 11.8 Å². The van der Waals surface area contributed by atoms with Crippen LogP contribution in [0.25, 0.3) is 0 Å². The number of aryl methyl sites for hydroxylation is 1. The summed E-state index contributed by atoms with van der Waals surface area (Å²) in [5.74, 6) is -0.448. The van der Waals surface area contributed by atoms with Crippen molar-refractivity contribution in [3.8, 4) is 5.75 Å². The predicted octanol–water partition coefficient (Wildman–Crippen LogP) is 1.59. The molecule has 0 unspecified atom stereocenters. The molecular formula is C14H19O3-. The summed E-state index contributed by atoms with van der Waals surface area (Å²) < 4.78 is 5.25. The van der Waals surface area contributed by atoms with Crippen LogP contribution in [-0.4, -0.2) is 13.1 Å². The summed E-state index contributed by atoms with van der Waals surface area (Å²) in [6, 6.07) is 3.93. The summed E-state index contributed by atoms with van der Waals surface area (Å²) in [7, 11) is 1.55. The van der Waals surface area contributed by atoms with Gasteiger partial charge in [0.05, 0.1) is 7.11 Å². The Morgan fingerprint density at radius 1 is 1.35 bits per heavy atom. The molecule has 3 heteroatoms. The van der Waals surface area contributed by atoms with Crippen LogP contribution in [0.5, 0.6) is 5.75 Å². The fraction of sp³-hybridized carbons (Fsp3) is 0.500. The van der Waals surface area contributed by atoms with Crippen LogP contribution in [0, 0.1) is 6.92 Å². The van der Waals surface area contributed by atoms with Crippen LogP contribution >= 0.6 is 0 Å². The van der Waals surface area contributed by atoms with Crippen LogP contribution in [0.15, 0.2) is 12.1 Å². The fourth-order valence-electron chi connectivity index (χ4n) is 1.86. The fourth-order valence-corrected chi connectivity index (χ4v) is 1.86. The van der Waals surface area contributed by atoms with Gasteiger partial charge in [-0.3, -0.25) is 0 Å². The van der Waals surface area contributed by atoms with E-state index >= 15 is 0 Å². The Morgan fingerprint density at radius 2 is 1.94 bits per heavy atom.